The van der Waals surface area contributed by atoms with Crippen LogP contribution in [0.3, 0.4) is 0 Å². The molecule has 1 aromatic rings. The zero-order valence-electron chi connectivity index (χ0n) is 10.5. The van der Waals surface area contributed by atoms with Crippen LogP contribution in [0.5, 0.6) is 0 Å². The van der Waals surface area contributed by atoms with Crippen molar-refractivity contribution >= 4 is 11.6 Å². The standard InChI is InChI=1S/C15H22ClN/c16-13-15-7-5-14(6-8-15)9-12-17-10-3-1-2-4-11-17/h5-8H,1-4,9-13H2. The predicted octanol–water partition coefficient (Wildman–Crippen LogP) is 3.84. The van der Waals surface area contributed by atoms with Gasteiger partial charge < -0.3 is 4.90 Å². The molecule has 0 unspecified atom stereocenters. The van der Waals surface area contributed by atoms with Gasteiger partial charge in [0.05, 0.1) is 0 Å². The highest BCUT2D eigenvalue weighted by atomic mass is 35.5. The third-order valence-electron chi connectivity index (χ3n) is 3.59. The summed E-state index contributed by atoms with van der Waals surface area (Å²) in [6.07, 6.45) is 6.76. The van der Waals surface area contributed by atoms with Gasteiger partial charge in [-0.1, -0.05) is 37.1 Å². The summed E-state index contributed by atoms with van der Waals surface area (Å²) in [6, 6.07) is 8.72. The van der Waals surface area contributed by atoms with Gasteiger partial charge in [0, 0.05) is 12.4 Å². The zero-order chi connectivity index (χ0) is 11.9. The van der Waals surface area contributed by atoms with Gasteiger partial charge in [-0.25, -0.2) is 0 Å². The van der Waals surface area contributed by atoms with Gasteiger partial charge in [-0.05, 0) is 43.5 Å². The maximum Gasteiger partial charge on any atom is 0.0474 e. The van der Waals surface area contributed by atoms with Crippen molar-refractivity contribution in [3.63, 3.8) is 0 Å². The second kappa shape index (κ2) is 7.03. The first kappa shape index (κ1) is 12.9. The van der Waals surface area contributed by atoms with Gasteiger partial charge in [0.25, 0.3) is 0 Å². The van der Waals surface area contributed by atoms with Gasteiger partial charge in [-0.3, -0.25) is 0 Å². The molecule has 0 bridgehead atoms. The monoisotopic (exact) mass is 251 g/mol. The minimum absolute atomic E-state index is 0.617. The maximum atomic E-state index is 5.79. The molecule has 1 heterocycles. The van der Waals surface area contributed by atoms with Crippen LogP contribution in [0.15, 0.2) is 24.3 Å². The third kappa shape index (κ3) is 4.33. The number of hydrogen-bond acceptors (Lipinski definition) is 1. The van der Waals surface area contributed by atoms with Gasteiger partial charge in [0.1, 0.15) is 0 Å². The molecule has 0 aromatic heterocycles. The number of nitrogens with zero attached hydrogens (tertiary/aromatic N) is 1. The Morgan fingerprint density at radius 1 is 0.882 bits per heavy atom. The molecule has 1 aliphatic heterocycles. The van der Waals surface area contributed by atoms with Crippen molar-refractivity contribution < 1.29 is 0 Å². The quantitative estimate of drug-likeness (QED) is 0.735. The molecule has 0 aliphatic carbocycles. The van der Waals surface area contributed by atoms with Crippen molar-refractivity contribution in [1.82, 2.24) is 4.90 Å². The Morgan fingerprint density at radius 3 is 2.06 bits per heavy atom. The van der Waals surface area contributed by atoms with Crippen LogP contribution in [0.25, 0.3) is 0 Å². The van der Waals surface area contributed by atoms with Crippen molar-refractivity contribution in [1.29, 1.82) is 0 Å². The smallest absolute Gasteiger partial charge is 0.0474 e. The Morgan fingerprint density at radius 2 is 1.47 bits per heavy atom. The number of benzene rings is 1. The second-order valence-electron chi connectivity index (χ2n) is 4.96. The molecule has 0 spiro atoms. The highest BCUT2D eigenvalue weighted by Crippen LogP contribution is 2.12. The summed E-state index contributed by atoms with van der Waals surface area (Å²) in [6.45, 7) is 3.79. The Balaban J connectivity index is 1.79. The lowest BCUT2D eigenvalue weighted by molar-refractivity contribution is 0.289. The summed E-state index contributed by atoms with van der Waals surface area (Å²) in [5.74, 6) is 0.617. The van der Waals surface area contributed by atoms with E-state index in [1.165, 1.54) is 62.9 Å². The lowest BCUT2D eigenvalue weighted by atomic mass is 10.1. The molecule has 0 radical (unpaired) electrons. The molecular weight excluding hydrogens is 230 g/mol. The van der Waals surface area contributed by atoms with Crippen LogP contribution in [0.1, 0.15) is 36.8 Å². The molecule has 17 heavy (non-hydrogen) atoms. The van der Waals surface area contributed by atoms with E-state index >= 15 is 0 Å². The molecule has 1 nitrogen and oxygen atoms in total. The Labute approximate surface area is 110 Å². The fourth-order valence-electron chi connectivity index (χ4n) is 2.44. The minimum atomic E-state index is 0.617. The number of rotatable bonds is 4. The molecule has 1 aliphatic rings. The SMILES string of the molecule is ClCc1ccc(CCN2CCCCCC2)cc1. The topological polar surface area (TPSA) is 3.24 Å². The summed E-state index contributed by atoms with van der Waals surface area (Å²) in [5.41, 5.74) is 2.65. The number of halogens is 1. The van der Waals surface area contributed by atoms with E-state index in [9.17, 15) is 0 Å². The lowest BCUT2D eigenvalue weighted by Gasteiger charge is -2.19. The second-order valence-corrected chi connectivity index (χ2v) is 5.22. The van der Waals surface area contributed by atoms with Crippen molar-refractivity contribution in [3.8, 4) is 0 Å². The maximum absolute atomic E-state index is 5.79. The van der Waals surface area contributed by atoms with E-state index in [2.05, 4.69) is 29.2 Å². The van der Waals surface area contributed by atoms with Gasteiger partial charge >= 0.3 is 0 Å². The average molecular weight is 252 g/mol. The molecule has 2 rings (SSSR count). The molecule has 1 aromatic carbocycles. The van der Waals surface area contributed by atoms with E-state index in [1.54, 1.807) is 0 Å². The highest BCUT2D eigenvalue weighted by molar-refractivity contribution is 6.17. The molecule has 0 saturated carbocycles. The number of alkyl halides is 1. The lowest BCUT2D eigenvalue weighted by Crippen LogP contribution is -2.26. The Bertz CT molecular complexity index is 312. The predicted molar refractivity (Wildman–Crippen MR) is 74.6 cm³/mol. The fourth-order valence-corrected chi connectivity index (χ4v) is 2.62. The Kier molecular flexibility index (Phi) is 5.34. The van der Waals surface area contributed by atoms with Gasteiger partial charge in [0.15, 0.2) is 0 Å². The third-order valence-corrected chi connectivity index (χ3v) is 3.90. The Hall–Kier alpha value is -0.530. The van der Waals surface area contributed by atoms with Crippen molar-refractivity contribution in [2.75, 3.05) is 19.6 Å². The first-order valence-corrected chi connectivity index (χ1v) is 7.28. The van der Waals surface area contributed by atoms with Crippen LogP contribution < -0.4 is 0 Å². The van der Waals surface area contributed by atoms with Crippen LogP contribution in [0.4, 0.5) is 0 Å². The van der Waals surface area contributed by atoms with Gasteiger partial charge in [-0.15, -0.1) is 11.6 Å². The summed E-state index contributed by atoms with van der Waals surface area (Å²) in [7, 11) is 0. The minimum Gasteiger partial charge on any atom is -0.303 e. The van der Waals surface area contributed by atoms with E-state index in [-0.39, 0.29) is 0 Å². The van der Waals surface area contributed by atoms with Gasteiger partial charge in [0.2, 0.25) is 0 Å². The normalized spacial score (nSPS) is 17.9. The van der Waals surface area contributed by atoms with Gasteiger partial charge in [-0.2, -0.15) is 0 Å². The van der Waals surface area contributed by atoms with Crippen molar-refractivity contribution in [3.05, 3.63) is 35.4 Å². The molecule has 94 valence electrons. The van der Waals surface area contributed by atoms with Crippen molar-refractivity contribution in [2.24, 2.45) is 0 Å². The highest BCUT2D eigenvalue weighted by Gasteiger charge is 2.08. The molecule has 0 atom stereocenters. The average Bonchev–Trinajstić information content (AvgIpc) is 2.65. The molecule has 1 saturated heterocycles. The first-order valence-electron chi connectivity index (χ1n) is 6.74. The summed E-state index contributed by atoms with van der Waals surface area (Å²) >= 11 is 5.79. The zero-order valence-corrected chi connectivity index (χ0v) is 11.3. The molecule has 2 heteroatoms. The first-order chi connectivity index (χ1) is 8.38. The number of hydrogen-bond donors (Lipinski definition) is 0. The van der Waals surface area contributed by atoms with Crippen LogP contribution in [0, 0.1) is 0 Å². The van der Waals surface area contributed by atoms with Crippen LogP contribution in [-0.4, -0.2) is 24.5 Å². The fraction of sp³-hybridized carbons (Fsp3) is 0.600. The molecule has 0 N–H and O–H groups in total. The number of likely N-dealkylation sites (tertiary alicyclic amines) is 1. The summed E-state index contributed by atoms with van der Waals surface area (Å²) in [5, 5.41) is 0. The molecular formula is C15H22ClN. The summed E-state index contributed by atoms with van der Waals surface area (Å²) < 4.78 is 0. The van der Waals surface area contributed by atoms with E-state index in [0.717, 1.165) is 0 Å². The van der Waals surface area contributed by atoms with E-state index in [0.29, 0.717) is 5.88 Å². The van der Waals surface area contributed by atoms with E-state index in [1.807, 2.05) is 0 Å². The largest absolute Gasteiger partial charge is 0.303 e. The van der Waals surface area contributed by atoms with Crippen LogP contribution in [0.2, 0.25) is 0 Å². The summed E-state index contributed by atoms with van der Waals surface area (Å²) in [4.78, 5) is 2.61. The molecule has 0 amide bonds. The van der Waals surface area contributed by atoms with E-state index < -0.39 is 0 Å². The van der Waals surface area contributed by atoms with Crippen molar-refractivity contribution in [2.45, 2.75) is 38.0 Å². The van der Waals surface area contributed by atoms with Crippen LogP contribution >= 0.6 is 11.6 Å². The van der Waals surface area contributed by atoms with Crippen LogP contribution in [-0.2, 0) is 12.3 Å². The van der Waals surface area contributed by atoms with E-state index in [4.69, 9.17) is 11.6 Å². The molecule has 1 fully saturated rings.